The minimum absolute atomic E-state index is 0.189. The lowest BCUT2D eigenvalue weighted by molar-refractivity contribution is -0.120. The minimum Gasteiger partial charge on any atom is -0.464 e. The van der Waals surface area contributed by atoms with E-state index < -0.39 is 13.1 Å². The Bertz CT molecular complexity index is 905. The summed E-state index contributed by atoms with van der Waals surface area (Å²) in [5.41, 5.74) is 4.69. The van der Waals surface area contributed by atoms with Gasteiger partial charge in [0.2, 0.25) is 5.91 Å². The van der Waals surface area contributed by atoms with Crippen molar-refractivity contribution in [2.75, 3.05) is 0 Å². The Morgan fingerprint density at radius 3 is 2.58 bits per heavy atom. The van der Waals surface area contributed by atoms with Gasteiger partial charge in [-0.05, 0) is 42.5 Å². The molecule has 1 amide bonds. The molecule has 0 fully saturated rings. The van der Waals surface area contributed by atoms with Gasteiger partial charge in [0.15, 0.2) is 0 Å². The highest BCUT2D eigenvalue weighted by atomic mass is 16.4. The van der Waals surface area contributed by atoms with Crippen LogP contribution in [0, 0.1) is 13.8 Å². The van der Waals surface area contributed by atoms with Crippen LogP contribution in [0.1, 0.15) is 22.3 Å². The van der Waals surface area contributed by atoms with E-state index in [1.54, 1.807) is 6.26 Å². The molecule has 0 bridgehead atoms. The molecule has 0 saturated carbocycles. The van der Waals surface area contributed by atoms with Crippen molar-refractivity contribution < 1.29 is 19.3 Å². The Hall–Kier alpha value is -2.57. The summed E-state index contributed by atoms with van der Waals surface area (Å²) in [4.78, 5) is 12.3. The first-order chi connectivity index (χ1) is 12.5. The summed E-state index contributed by atoms with van der Waals surface area (Å²) in [5.74, 6) is -1.07. The molecule has 0 radical (unpaired) electrons. The minimum atomic E-state index is -1.66. The number of fused-ring (bicyclic) bond motifs is 1. The Kier molecular flexibility index (Phi) is 5.45. The zero-order valence-electron chi connectivity index (χ0n) is 14.9. The summed E-state index contributed by atoms with van der Waals surface area (Å²) < 4.78 is 5.67. The molecule has 3 aromatic rings. The van der Waals surface area contributed by atoms with E-state index in [1.165, 1.54) is 0 Å². The molecule has 0 aliphatic rings. The number of hydrogen-bond acceptors (Lipinski definition) is 4. The largest absolute Gasteiger partial charge is 0.475 e. The van der Waals surface area contributed by atoms with Crippen LogP contribution in [0.5, 0.6) is 0 Å². The molecular formula is C20H22BNO4. The zero-order valence-corrected chi connectivity index (χ0v) is 14.9. The first kappa shape index (κ1) is 18.2. The zero-order chi connectivity index (χ0) is 18.7. The van der Waals surface area contributed by atoms with Gasteiger partial charge in [-0.3, -0.25) is 4.79 Å². The van der Waals surface area contributed by atoms with Crippen LogP contribution in [0.3, 0.4) is 0 Å². The molecule has 1 aromatic heterocycles. The summed E-state index contributed by atoms with van der Waals surface area (Å²) in [7, 11) is -1.66. The third-order valence-corrected chi connectivity index (χ3v) is 4.70. The van der Waals surface area contributed by atoms with E-state index in [0.29, 0.717) is 0 Å². The van der Waals surface area contributed by atoms with Crippen molar-refractivity contribution >= 4 is 24.0 Å². The lowest BCUT2D eigenvalue weighted by atomic mass is 9.75. The van der Waals surface area contributed by atoms with Crippen molar-refractivity contribution in [3.8, 4) is 0 Å². The van der Waals surface area contributed by atoms with Crippen molar-refractivity contribution in [1.29, 1.82) is 0 Å². The summed E-state index contributed by atoms with van der Waals surface area (Å²) in [5, 5.41) is 23.1. The van der Waals surface area contributed by atoms with Crippen molar-refractivity contribution in [3.05, 3.63) is 71.0 Å². The van der Waals surface area contributed by atoms with Gasteiger partial charge in [0.1, 0.15) is 5.58 Å². The maximum absolute atomic E-state index is 12.3. The molecule has 1 heterocycles. The number of nitrogens with one attached hydrogen (secondary N) is 1. The fraction of sp³-hybridized carbons (Fsp3) is 0.250. The second-order valence-corrected chi connectivity index (χ2v) is 6.60. The molecule has 5 nitrogen and oxygen atoms in total. The molecule has 0 saturated heterocycles. The van der Waals surface area contributed by atoms with Gasteiger partial charge in [-0.15, -0.1) is 0 Å². The number of amides is 1. The number of rotatable bonds is 6. The number of carbonyl (C=O) groups excluding carboxylic acids is 1. The Labute approximate surface area is 152 Å². The van der Waals surface area contributed by atoms with Crippen LogP contribution in [0.25, 0.3) is 11.0 Å². The Balaban J connectivity index is 1.75. The highest BCUT2D eigenvalue weighted by molar-refractivity contribution is 6.43. The van der Waals surface area contributed by atoms with Crippen molar-refractivity contribution in [2.24, 2.45) is 0 Å². The van der Waals surface area contributed by atoms with Crippen molar-refractivity contribution in [3.63, 3.8) is 0 Å². The molecule has 134 valence electrons. The monoisotopic (exact) mass is 351 g/mol. The first-order valence-corrected chi connectivity index (χ1v) is 8.61. The molecular weight excluding hydrogens is 329 g/mol. The van der Waals surface area contributed by atoms with Crippen LogP contribution >= 0.6 is 0 Å². The summed E-state index contributed by atoms with van der Waals surface area (Å²) in [6, 6.07) is 13.3. The molecule has 0 unspecified atom stereocenters. The normalized spacial score (nSPS) is 12.2. The molecule has 0 aliphatic heterocycles. The summed E-state index contributed by atoms with van der Waals surface area (Å²) in [6.07, 6.45) is 2.08. The van der Waals surface area contributed by atoms with Crippen LogP contribution in [0.4, 0.5) is 0 Å². The van der Waals surface area contributed by atoms with Gasteiger partial charge < -0.3 is 19.8 Å². The SMILES string of the molecule is Cc1ccc2c(C[C@H](NC(=O)Cc3ccccc3)B(O)O)coc2c1C. The average molecular weight is 351 g/mol. The fourth-order valence-corrected chi connectivity index (χ4v) is 3.05. The van der Waals surface area contributed by atoms with Gasteiger partial charge in [-0.2, -0.15) is 0 Å². The van der Waals surface area contributed by atoms with E-state index in [9.17, 15) is 14.8 Å². The molecule has 0 aliphatic carbocycles. The van der Waals surface area contributed by atoms with Gasteiger partial charge in [-0.25, -0.2) is 0 Å². The van der Waals surface area contributed by atoms with Crippen LogP contribution in [0.2, 0.25) is 0 Å². The quantitative estimate of drug-likeness (QED) is 0.596. The van der Waals surface area contributed by atoms with E-state index in [-0.39, 0.29) is 18.7 Å². The van der Waals surface area contributed by atoms with Crippen LogP contribution < -0.4 is 5.32 Å². The van der Waals surface area contributed by atoms with Crippen LogP contribution in [-0.2, 0) is 17.6 Å². The van der Waals surface area contributed by atoms with Gasteiger partial charge >= 0.3 is 7.12 Å². The smallest absolute Gasteiger partial charge is 0.464 e. The lowest BCUT2D eigenvalue weighted by Gasteiger charge is -2.17. The maximum Gasteiger partial charge on any atom is 0.475 e. The summed E-state index contributed by atoms with van der Waals surface area (Å²) in [6.45, 7) is 4.01. The van der Waals surface area contributed by atoms with E-state index >= 15 is 0 Å². The molecule has 2 aromatic carbocycles. The number of carbonyl (C=O) groups is 1. The highest BCUT2D eigenvalue weighted by Crippen LogP contribution is 2.27. The Morgan fingerprint density at radius 2 is 1.88 bits per heavy atom. The van der Waals surface area contributed by atoms with E-state index in [2.05, 4.69) is 5.32 Å². The third kappa shape index (κ3) is 3.98. The maximum atomic E-state index is 12.3. The molecule has 0 spiro atoms. The van der Waals surface area contributed by atoms with Crippen LogP contribution in [0.15, 0.2) is 53.1 Å². The second-order valence-electron chi connectivity index (χ2n) is 6.60. The van der Waals surface area contributed by atoms with Crippen molar-refractivity contribution in [1.82, 2.24) is 5.32 Å². The first-order valence-electron chi connectivity index (χ1n) is 8.61. The molecule has 3 rings (SSSR count). The number of aryl methyl sites for hydroxylation is 2. The van der Waals surface area contributed by atoms with Crippen molar-refractivity contribution in [2.45, 2.75) is 32.6 Å². The highest BCUT2D eigenvalue weighted by Gasteiger charge is 2.27. The molecule has 3 N–H and O–H groups in total. The van der Waals surface area contributed by atoms with E-state index in [1.807, 2.05) is 56.3 Å². The predicted octanol–water partition coefficient (Wildman–Crippen LogP) is 2.33. The predicted molar refractivity (Wildman–Crippen MR) is 102 cm³/mol. The average Bonchev–Trinajstić information content (AvgIpc) is 3.02. The number of hydrogen-bond donors (Lipinski definition) is 3. The molecule has 1 atom stereocenters. The standard InChI is InChI=1S/C20H22BNO4/c1-13-8-9-17-16(12-26-20(17)14(13)2)11-18(21(24)25)22-19(23)10-15-6-4-3-5-7-15/h3-9,12,18,24-25H,10-11H2,1-2H3,(H,22,23)/t18-/m0/s1. The van der Waals surface area contributed by atoms with Crippen LogP contribution in [-0.4, -0.2) is 29.0 Å². The Morgan fingerprint density at radius 1 is 1.15 bits per heavy atom. The third-order valence-electron chi connectivity index (χ3n) is 4.70. The van der Waals surface area contributed by atoms with E-state index in [4.69, 9.17) is 4.42 Å². The van der Waals surface area contributed by atoms with Gasteiger partial charge in [0, 0.05) is 5.39 Å². The lowest BCUT2D eigenvalue weighted by Crippen LogP contribution is -2.48. The number of furan rings is 1. The topological polar surface area (TPSA) is 82.7 Å². The van der Waals surface area contributed by atoms with Gasteiger partial charge in [-0.1, -0.05) is 42.5 Å². The molecule has 26 heavy (non-hydrogen) atoms. The number of benzene rings is 2. The van der Waals surface area contributed by atoms with E-state index in [0.717, 1.165) is 33.2 Å². The summed E-state index contributed by atoms with van der Waals surface area (Å²) >= 11 is 0. The van der Waals surface area contributed by atoms with Gasteiger partial charge in [0.05, 0.1) is 18.6 Å². The molecule has 6 heteroatoms. The fourth-order valence-electron chi connectivity index (χ4n) is 3.05. The van der Waals surface area contributed by atoms with Gasteiger partial charge in [0.25, 0.3) is 0 Å². The second kappa shape index (κ2) is 7.76.